The minimum atomic E-state index is -0.448. The molecule has 0 heterocycles. The lowest BCUT2D eigenvalue weighted by Crippen LogP contribution is -2.24. The zero-order chi connectivity index (χ0) is 17.5. The molecule has 5 nitrogen and oxygen atoms in total. The lowest BCUT2D eigenvalue weighted by Gasteiger charge is -2.09. The molecule has 0 spiro atoms. The van der Waals surface area contributed by atoms with Crippen molar-refractivity contribution in [2.45, 2.75) is 13.8 Å². The molecule has 0 aliphatic carbocycles. The molecule has 0 aromatic heterocycles. The maximum Gasteiger partial charge on any atom is 0.275 e. The van der Waals surface area contributed by atoms with E-state index in [2.05, 4.69) is 4.99 Å². The lowest BCUT2D eigenvalue weighted by molar-refractivity contribution is -0.114. The normalized spacial score (nSPS) is 11.0. The van der Waals surface area contributed by atoms with Gasteiger partial charge in [0, 0.05) is 5.57 Å². The second-order valence-corrected chi connectivity index (χ2v) is 5.21. The summed E-state index contributed by atoms with van der Waals surface area (Å²) in [6.07, 6.45) is 1.78. The molecular formula is C19H21N3O2. The number of hydrogen-bond acceptors (Lipinski definition) is 2. The standard InChI is InChI=1S/C19H21N3O2/c1-3-24-16-10-8-14(9-11-16)17-7-5-4-6-15(17)12-13(2)18(23)22-19(20)21/h4-12H,3H2,1-2H3,(H4,20,21,22,23)/b13-12+. The van der Waals surface area contributed by atoms with Crippen LogP contribution in [0.4, 0.5) is 0 Å². The predicted octanol–water partition coefficient (Wildman–Crippen LogP) is 2.96. The average molecular weight is 323 g/mol. The second kappa shape index (κ2) is 7.97. The molecule has 0 atom stereocenters. The molecule has 1 amide bonds. The van der Waals surface area contributed by atoms with Gasteiger partial charge in [0.25, 0.3) is 5.91 Å². The van der Waals surface area contributed by atoms with E-state index in [-0.39, 0.29) is 5.96 Å². The molecular weight excluding hydrogens is 302 g/mol. The Morgan fingerprint density at radius 2 is 1.79 bits per heavy atom. The van der Waals surface area contributed by atoms with Crippen LogP contribution in [0.3, 0.4) is 0 Å². The summed E-state index contributed by atoms with van der Waals surface area (Å²) in [7, 11) is 0. The SMILES string of the molecule is CCOc1ccc(-c2ccccc2/C=C(\C)C(=O)N=C(N)N)cc1. The third kappa shape index (κ3) is 4.46. The van der Waals surface area contributed by atoms with Gasteiger partial charge in [-0.1, -0.05) is 36.4 Å². The first-order chi connectivity index (χ1) is 11.5. The van der Waals surface area contributed by atoms with Gasteiger partial charge in [-0.2, -0.15) is 4.99 Å². The van der Waals surface area contributed by atoms with Crippen molar-refractivity contribution >= 4 is 17.9 Å². The van der Waals surface area contributed by atoms with Crippen LogP contribution in [-0.2, 0) is 4.79 Å². The van der Waals surface area contributed by atoms with E-state index in [1.165, 1.54) is 0 Å². The van der Waals surface area contributed by atoms with Crippen LogP contribution >= 0.6 is 0 Å². The maximum atomic E-state index is 11.9. The highest BCUT2D eigenvalue weighted by atomic mass is 16.5. The van der Waals surface area contributed by atoms with Crippen LogP contribution in [0, 0.1) is 0 Å². The molecule has 0 fully saturated rings. The summed E-state index contributed by atoms with van der Waals surface area (Å²) >= 11 is 0. The minimum absolute atomic E-state index is 0.243. The van der Waals surface area contributed by atoms with Crippen molar-refractivity contribution in [1.82, 2.24) is 0 Å². The molecule has 4 N–H and O–H groups in total. The Hall–Kier alpha value is -3.08. The van der Waals surface area contributed by atoms with E-state index < -0.39 is 5.91 Å². The molecule has 0 aliphatic heterocycles. The third-order valence-electron chi connectivity index (χ3n) is 3.38. The number of nitrogens with zero attached hydrogens (tertiary/aromatic N) is 1. The maximum absolute atomic E-state index is 11.9. The van der Waals surface area contributed by atoms with E-state index in [1.54, 1.807) is 13.0 Å². The molecule has 0 unspecified atom stereocenters. The van der Waals surface area contributed by atoms with Crippen molar-refractivity contribution in [1.29, 1.82) is 0 Å². The van der Waals surface area contributed by atoms with Crippen molar-refractivity contribution in [3.8, 4) is 16.9 Å². The monoisotopic (exact) mass is 323 g/mol. The molecule has 0 saturated carbocycles. The average Bonchev–Trinajstić information content (AvgIpc) is 2.56. The Morgan fingerprint density at radius 3 is 2.42 bits per heavy atom. The van der Waals surface area contributed by atoms with Crippen molar-refractivity contribution in [2.75, 3.05) is 6.61 Å². The number of benzene rings is 2. The summed E-state index contributed by atoms with van der Waals surface area (Å²) in [4.78, 5) is 15.4. The van der Waals surface area contributed by atoms with E-state index in [0.717, 1.165) is 22.4 Å². The predicted molar refractivity (Wildman–Crippen MR) is 97.5 cm³/mol. The third-order valence-corrected chi connectivity index (χ3v) is 3.38. The van der Waals surface area contributed by atoms with E-state index in [9.17, 15) is 4.79 Å². The first-order valence-corrected chi connectivity index (χ1v) is 7.65. The van der Waals surface area contributed by atoms with Gasteiger partial charge in [-0.05, 0) is 48.7 Å². The fourth-order valence-electron chi connectivity index (χ4n) is 2.28. The van der Waals surface area contributed by atoms with Crippen molar-refractivity contribution in [3.63, 3.8) is 0 Å². The van der Waals surface area contributed by atoms with Crippen LogP contribution in [0.5, 0.6) is 5.75 Å². The van der Waals surface area contributed by atoms with Gasteiger partial charge in [0.05, 0.1) is 6.61 Å². The second-order valence-electron chi connectivity index (χ2n) is 5.21. The van der Waals surface area contributed by atoms with Crippen molar-refractivity contribution in [2.24, 2.45) is 16.5 Å². The van der Waals surface area contributed by atoms with Crippen molar-refractivity contribution < 1.29 is 9.53 Å². The largest absolute Gasteiger partial charge is 0.494 e. The Labute approximate surface area is 141 Å². The van der Waals surface area contributed by atoms with Gasteiger partial charge in [-0.3, -0.25) is 4.79 Å². The Morgan fingerprint density at radius 1 is 1.12 bits per heavy atom. The number of rotatable bonds is 5. The first-order valence-electron chi connectivity index (χ1n) is 7.65. The molecule has 24 heavy (non-hydrogen) atoms. The number of hydrogen-bond donors (Lipinski definition) is 2. The summed E-state index contributed by atoms with van der Waals surface area (Å²) < 4.78 is 5.46. The molecule has 0 aliphatic rings. The van der Waals surface area contributed by atoms with Crippen LogP contribution in [-0.4, -0.2) is 18.5 Å². The number of aliphatic imine (C=N–C) groups is 1. The Balaban J connectivity index is 2.37. The highest BCUT2D eigenvalue weighted by Crippen LogP contribution is 2.27. The molecule has 0 saturated heterocycles. The van der Waals surface area contributed by atoms with Gasteiger partial charge in [0.15, 0.2) is 5.96 Å². The number of nitrogens with two attached hydrogens (primary N) is 2. The molecule has 5 heteroatoms. The van der Waals surface area contributed by atoms with E-state index in [4.69, 9.17) is 16.2 Å². The van der Waals surface area contributed by atoms with Crippen LogP contribution < -0.4 is 16.2 Å². The summed E-state index contributed by atoms with van der Waals surface area (Å²) in [6, 6.07) is 15.7. The summed E-state index contributed by atoms with van der Waals surface area (Å²) in [5.74, 6) is 0.137. The fourth-order valence-corrected chi connectivity index (χ4v) is 2.28. The Bertz CT molecular complexity index is 773. The minimum Gasteiger partial charge on any atom is -0.494 e. The number of carbonyl (C=O) groups is 1. The van der Waals surface area contributed by atoms with E-state index in [1.807, 2.05) is 55.5 Å². The van der Waals surface area contributed by atoms with Gasteiger partial charge >= 0.3 is 0 Å². The first kappa shape index (κ1) is 17.3. The van der Waals surface area contributed by atoms with Gasteiger partial charge < -0.3 is 16.2 Å². The summed E-state index contributed by atoms with van der Waals surface area (Å²) in [6.45, 7) is 4.26. The number of amides is 1. The van der Waals surface area contributed by atoms with Gasteiger partial charge in [-0.25, -0.2) is 0 Å². The van der Waals surface area contributed by atoms with Crippen LogP contribution in [0.25, 0.3) is 17.2 Å². The number of carbonyl (C=O) groups excluding carboxylic acids is 1. The molecule has 0 bridgehead atoms. The summed E-state index contributed by atoms with van der Waals surface area (Å²) in [5, 5.41) is 0. The zero-order valence-corrected chi connectivity index (χ0v) is 13.8. The van der Waals surface area contributed by atoms with E-state index >= 15 is 0 Å². The van der Waals surface area contributed by atoms with Crippen LogP contribution in [0.2, 0.25) is 0 Å². The van der Waals surface area contributed by atoms with Gasteiger partial charge in [0.2, 0.25) is 0 Å². The van der Waals surface area contributed by atoms with Crippen LogP contribution in [0.15, 0.2) is 59.1 Å². The van der Waals surface area contributed by atoms with Gasteiger partial charge in [-0.15, -0.1) is 0 Å². The lowest BCUT2D eigenvalue weighted by atomic mass is 9.98. The topological polar surface area (TPSA) is 90.7 Å². The smallest absolute Gasteiger partial charge is 0.275 e. The molecule has 2 rings (SSSR count). The highest BCUT2D eigenvalue weighted by Gasteiger charge is 2.07. The van der Waals surface area contributed by atoms with Gasteiger partial charge in [0.1, 0.15) is 5.75 Å². The molecule has 2 aromatic carbocycles. The molecule has 2 aromatic rings. The fraction of sp³-hybridized carbons (Fsp3) is 0.158. The summed E-state index contributed by atoms with van der Waals surface area (Å²) in [5.41, 5.74) is 13.9. The molecule has 124 valence electrons. The highest BCUT2D eigenvalue weighted by molar-refractivity contribution is 6.04. The van der Waals surface area contributed by atoms with E-state index in [0.29, 0.717) is 12.2 Å². The quantitative estimate of drug-likeness (QED) is 0.503. The zero-order valence-electron chi connectivity index (χ0n) is 13.8. The van der Waals surface area contributed by atoms with Crippen molar-refractivity contribution in [3.05, 3.63) is 59.7 Å². The van der Waals surface area contributed by atoms with Crippen LogP contribution in [0.1, 0.15) is 19.4 Å². The Kier molecular flexibility index (Phi) is 5.73. The molecule has 0 radical (unpaired) electrons. The number of guanidine groups is 1. The number of ether oxygens (including phenoxy) is 1.